The van der Waals surface area contributed by atoms with Crippen LogP contribution >= 0.6 is 0 Å². The van der Waals surface area contributed by atoms with Gasteiger partial charge in [0, 0.05) is 24.9 Å². The summed E-state index contributed by atoms with van der Waals surface area (Å²) in [6.45, 7) is 21.6. The lowest BCUT2D eigenvalue weighted by Gasteiger charge is -2.32. The standard InChI is InChI=1S/C35H50N4O7/c1-13-41-21-17-19-23(43-15-3)27-25(21)36-31(38(27)11)29(34(5,6)7)45-33(40)46-30(35(8,9)10)32-37-26-22(42-14-2)18-20-24(44-16-4)28(26)39(32)12/h17-20,29-30H,13-16H2,1-12H3/t29-,30-/m0/s1. The van der Waals surface area contributed by atoms with Crippen LogP contribution in [0.4, 0.5) is 4.79 Å². The lowest BCUT2D eigenvalue weighted by atomic mass is 9.88. The monoisotopic (exact) mass is 638 g/mol. The number of hydrogen-bond donors (Lipinski definition) is 0. The van der Waals surface area contributed by atoms with Crippen molar-refractivity contribution in [1.29, 1.82) is 0 Å². The Kier molecular flexibility index (Phi) is 10.3. The largest absolute Gasteiger partial charge is 0.509 e. The molecule has 4 aromatic rings. The van der Waals surface area contributed by atoms with Crippen molar-refractivity contribution in [3.8, 4) is 23.0 Å². The van der Waals surface area contributed by atoms with E-state index >= 15 is 0 Å². The number of ether oxygens (including phenoxy) is 6. The lowest BCUT2D eigenvalue weighted by molar-refractivity contribution is -0.0639. The molecule has 0 aliphatic carbocycles. The second-order valence-corrected chi connectivity index (χ2v) is 13.3. The first kappa shape index (κ1) is 34.7. The fourth-order valence-corrected chi connectivity index (χ4v) is 5.57. The van der Waals surface area contributed by atoms with Crippen LogP contribution in [0.15, 0.2) is 24.3 Å². The third-order valence-corrected chi connectivity index (χ3v) is 7.63. The Morgan fingerprint density at radius 3 is 1.22 bits per heavy atom. The Bertz CT molecular complexity index is 1550. The molecule has 252 valence electrons. The van der Waals surface area contributed by atoms with Gasteiger partial charge in [-0.1, -0.05) is 41.5 Å². The van der Waals surface area contributed by atoms with Crippen LogP contribution in [0.5, 0.6) is 23.0 Å². The van der Waals surface area contributed by atoms with Crippen molar-refractivity contribution in [2.45, 2.75) is 81.4 Å². The molecule has 0 amide bonds. The first-order chi connectivity index (χ1) is 21.7. The number of carbonyl (C=O) groups excluding carboxylic acids is 1. The van der Waals surface area contributed by atoms with Crippen molar-refractivity contribution in [2.24, 2.45) is 24.9 Å². The van der Waals surface area contributed by atoms with Crippen LogP contribution in [0.1, 0.15) is 93.1 Å². The third kappa shape index (κ3) is 6.83. The summed E-state index contributed by atoms with van der Waals surface area (Å²) in [6, 6.07) is 7.46. The average Bonchev–Trinajstić information content (AvgIpc) is 3.50. The van der Waals surface area contributed by atoms with Gasteiger partial charge < -0.3 is 37.6 Å². The number of fused-ring (bicyclic) bond motifs is 2. The van der Waals surface area contributed by atoms with Crippen LogP contribution in [0.25, 0.3) is 22.1 Å². The molecule has 0 fully saturated rings. The van der Waals surface area contributed by atoms with E-state index in [0.717, 1.165) is 11.0 Å². The number of imidazole rings is 2. The maximum Gasteiger partial charge on any atom is 0.509 e. The number of rotatable bonds is 12. The van der Waals surface area contributed by atoms with Gasteiger partial charge in [0.25, 0.3) is 0 Å². The quantitative estimate of drug-likeness (QED) is 0.142. The molecule has 11 heteroatoms. The highest BCUT2D eigenvalue weighted by atomic mass is 16.7. The molecule has 0 saturated heterocycles. The van der Waals surface area contributed by atoms with Gasteiger partial charge in [-0.3, -0.25) is 0 Å². The summed E-state index contributed by atoms with van der Waals surface area (Å²) >= 11 is 0. The average molecular weight is 639 g/mol. The van der Waals surface area contributed by atoms with Gasteiger partial charge in [-0.25, -0.2) is 14.8 Å². The molecular weight excluding hydrogens is 588 g/mol. The number of benzene rings is 2. The molecule has 0 spiro atoms. The van der Waals surface area contributed by atoms with Crippen LogP contribution in [-0.2, 0) is 23.6 Å². The van der Waals surface area contributed by atoms with E-state index in [2.05, 4.69) is 0 Å². The third-order valence-electron chi connectivity index (χ3n) is 7.63. The molecule has 0 radical (unpaired) electrons. The van der Waals surface area contributed by atoms with Gasteiger partial charge in [0.2, 0.25) is 0 Å². The molecule has 2 heterocycles. The van der Waals surface area contributed by atoms with E-state index in [1.807, 2.05) is 117 Å². The second-order valence-electron chi connectivity index (χ2n) is 13.3. The van der Waals surface area contributed by atoms with Gasteiger partial charge in [-0.15, -0.1) is 0 Å². The predicted molar refractivity (Wildman–Crippen MR) is 178 cm³/mol. The number of aromatic nitrogens is 4. The van der Waals surface area contributed by atoms with Crippen LogP contribution in [0.3, 0.4) is 0 Å². The fourth-order valence-electron chi connectivity index (χ4n) is 5.57. The van der Waals surface area contributed by atoms with Crippen molar-refractivity contribution >= 4 is 28.2 Å². The highest BCUT2D eigenvalue weighted by Crippen LogP contribution is 2.44. The minimum absolute atomic E-state index is 0.481. The fraction of sp³-hybridized carbons (Fsp3) is 0.571. The zero-order chi connectivity index (χ0) is 34.0. The summed E-state index contributed by atoms with van der Waals surface area (Å²) in [5, 5.41) is 0. The maximum absolute atomic E-state index is 13.8. The van der Waals surface area contributed by atoms with Crippen molar-refractivity contribution < 1.29 is 33.2 Å². The molecule has 2 atom stereocenters. The molecule has 0 unspecified atom stereocenters. The van der Waals surface area contributed by atoms with Gasteiger partial charge in [0.15, 0.2) is 23.9 Å². The molecule has 0 aliphatic rings. The SMILES string of the molecule is CCOc1ccc(OCC)c2c1nc([C@H](OC(=O)O[C@@H](c1nc3c(OCC)ccc(OCC)c3n1C)C(C)(C)C)C(C)(C)C)n2C. The number of aryl methyl sites for hydroxylation is 2. The summed E-state index contributed by atoms with van der Waals surface area (Å²) < 4.78 is 39.9. The molecular formula is C35H50N4O7. The molecule has 2 aromatic carbocycles. The summed E-state index contributed by atoms with van der Waals surface area (Å²) in [7, 11) is 3.78. The molecule has 2 aromatic heterocycles. The second kappa shape index (κ2) is 13.7. The highest BCUT2D eigenvalue weighted by molar-refractivity contribution is 5.89. The van der Waals surface area contributed by atoms with Gasteiger partial charge in [-0.05, 0) is 52.0 Å². The van der Waals surface area contributed by atoms with E-state index in [0.29, 0.717) is 72.1 Å². The van der Waals surface area contributed by atoms with Gasteiger partial charge in [0.05, 0.1) is 26.4 Å². The molecule has 11 nitrogen and oxygen atoms in total. The molecule has 4 rings (SSSR count). The van der Waals surface area contributed by atoms with Crippen molar-refractivity contribution in [3.63, 3.8) is 0 Å². The summed E-state index contributed by atoms with van der Waals surface area (Å²) in [6.07, 6.45) is -2.36. The van der Waals surface area contributed by atoms with E-state index in [1.54, 1.807) is 0 Å². The maximum atomic E-state index is 13.8. The molecule has 0 saturated carbocycles. The lowest BCUT2D eigenvalue weighted by Crippen LogP contribution is -2.31. The normalized spacial score (nSPS) is 13.5. The minimum atomic E-state index is -0.830. The van der Waals surface area contributed by atoms with E-state index in [-0.39, 0.29) is 0 Å². The smallest absolute Gasteiger partial charge is 0.492 e. The topological polar surface area (TPSA) is 108 Å². The molecule has 46 heavy (non-hydrogen) atoms. The van der Waals surface area contributed by atoms with Gasteiger partial charge >= 0.3 is 6.16 Å². The van der Waals surface area contributed by atoms with E-state index in [9.17, 15) is 4.79 Å². The van der Waals surface area contributed by atoms with Gasteiger partial charge in [0.1, 0.15) is 45.1 Å². The summed E-state index contributed by atoms with van der Waals surface area (Å²) in [5.41, 5.74) is 1.71. The van der Waals surface area contributed by atoms with Crippen LogP contribution < -0.4 is 18.9 Å². The summed E-state index contributed by atoms with van der Waals surface area (Å²) in [5.74, 6) is 3.70. The zero-order valence-corrected chi connectivity index (χ0v) is 29.4. The van der Waals surface area contributed by atoms with Crippen molar-refractivity contribution in [3.05, 3.63) is 35.9 Å². The Labute approximate surface area is 272 Å². The molecule has 0 aliphatic heterocycles. The Balaban J connectivity index is 1.77. The van der Waals surface area contributed by atoms with Crippen LogP contribution in [0, 0.1) is 10.8 Å². The Morgan fingerprint density at radius 1 is 0.609 bits per heavy atom. The number of carbonyl (C=O) groups is 1. The molecule has 0 bridgehead atoms. The number of nitrogens with zero attached hydrogens (tertiary/aromatic N) is 4. The van der Waals surface area contributed by atoms with E-state index < -0.39 is 29.2 Å². The van der Waals surface area contributed by atoms with Crippen LogP contribution in [0.2, 0.25) is 0 Å². The molecule has 0 N–H and O–H groups in total. The highest BCUT2D eigenvalue weighted by Gasteiger charge is 2.39. The van der Waals surface area contributed by atoms with Crippen LogP contribution in [-0.4, -0.2) is 51.7 Å². The first-order valence-corrected chi connectivity index (χ1v) is 16.0. The predicted octanol–water partition coefficient (Wildman–Crippen LogP) is 8.08. The van der Waals surface area contributed by atoms with Crippen molar-refractivity contribution in [2.75, 3.05) is 26.4 Å². The Hall–Kier alpha value is -4.15. The minimum Gasteiger partial charge on any atom is -0.492 e. The Morgan fingerprint density at radius 2 is 0.913 bits per heavy atom. The van der Waals surface area contributed by atoms with Crippen molar-refractivity contribution in [1.82, 2.24) is 19.1 Å². The first-order valence-electron chi connectivity index (χ1n) is 16.0. The van der Waals surface area contributed by atoms with Gasteiger partial charge in [-0.2, -0.15) is 0 Å². The van der Waals surface area contributed by atoms with E-state index in [4.69, 9.17) is 38.4 Å². The van der Waals surface area contributed by atoms with E-state index in [1.165, 1.54) is 0 Å². The zero-order valence-electron chi connectivity index (χ0n) is 29.4. The summed E-state index contributed by atoms with van der Waals surface area (Å²) in [4.78, 5) is 23.7. The number of hydrogen-bond acceptors (Lipinski definition) is 9.